The van der Waals surface area contributed by atoms with E-state index in [4.69, 9.17) is 12.2 Å². The predicted molar refractivity (Wildman–Crippen MR) is 117 cm³/mol. The number of nitrogens with one attached hydrogen (secondary N) is 2. The minimum absolute atomic E-state index is 0.0464. The predicted octanol–water partition coefficient (Wildman–Crippen LogP) is 4.54. The number of aryl methyl sites for hydroxylation is 1. The molecule has 6 heteroatoms. The quantitative estimate of drug-likeness (QED) is 0.566. The maximum Gasteiger partial charge on any atom is 0.221 e. The topological polar surface area (TPSA) is 62.7 Å². The van der Waals surface area contributed by atoms with E-state index in [0.717, 1.165) is 24.2 Å². The molecule has 0 saturated heterocycles. The van der Waals surface area contributed by atoms with E-state index >= 15 is 0 Å². The van der Waals surface area contributed by atoms with Crippen LogP contribution in [-0.4, -0.2) is 27.2 Å². The summed E-state index contributed by atoms with van der Waals surface area (Å²) in [5, 5.41) is 10.4. The SMILES string of the molecule is Cc1ccc(-c2n[nH]c(=S)n2CCC(=O)NCC2(c3ccccc3)CCC2)cc1. The number of benzene rings is 2. The lowest BCUT2D eigenvalue weighted by molar-refractivity contribution is -0.121. The third kappa shape index (κ3) is 4.17. The smallest absolute Gasteiger partial charge is 0.221 e. The fourth-order valence-electron chi connectivity index (χ4n) is 3.98. The molecule has 1 amide bonds. The van der Waals surface area contributed by atoms with Gasteiger partial charge in [-0.05, 0) is 37.5 Å². The molecule has 0 radical (unpaired) electrons. The molecule has 0 atom stereocenters. The number of carbonyl (C=O) groups excluding carboxylic acids is 1. The van der Waals surface area contributed by atoms with Crippen LogP contribution in [0, 0.1) is 11.7 Å². The van der Waals surface area contributed by atoms with Crippen molar-refractivity contribution in [3.8, 4) is 11.4 Å². The lowest BCUT2D eigenvalue weighted by Crippen LogP contribution is -2.45. The van der Waals surface area contributed by atoms with Gasteiger partial charge in [-0.1, -0.05) is 66.6 Å². The molecule has 1 saturated carbocycles. The van der Waals surface area contributed by atoms with Gasteiger partial charge in [0.25, 0.3) is 0 Å². The highest BCUT2D eigenvalue weighted by molar-refractivity contribution is 7.71. The highest BCUT2D eigenvalue weighted by atomic mass is 32.1. The molecule has 1 aliphatic carbocycles. The van der Waals surface area contributed by atoms with Crippen molar-refractivity contribution in [2.24, 2.45) is 0 Å². The van der Waals surface area contributed by atoms with Gasteiger partial charge in [-0.25, -0.2) is 0 Å². The average Bonchev–Trinajstić information content (AvgIpc) is 3.07. The van der Waals surface area contributed by atoms with E-state index in [0.29, 0.717) is 24.3 Å². The molecule has 1 aliphatic rings. The van der Waals surface area contributed by atoms with E-state index in [1.807, 2.05) is 34.9 Å². The summed E-state index contributed by atoms with van der Waals surface area (Å²) in [4.78, 5) is 12.6. The molecule has 3 aromatic rings. The van der Waals surface area contributed by atoms with Crippen LogP contribution in [0.2, 0.25) is 0 Å². The maximum atomic E-state index is 12.6. The van der Waals surface area contributed by atoms with Crippen molar-refractivity contribution in [3.05, 3.63) is 70.5 Å². The molecule has 0 bridgehead atoms. The number of aromatic nitrogens is 3. The van der Waals surface area contributed by atoms with Gasteiger partial charge in [0.15, 0.2) is 10.6 Å². The van der Waals surface area contributed by atoms with Crippen molar-refractivity contribution in [1.82, 2.24) is 20.1 Å². The van der Waals surface area contributed by atoms with Crippen molar-refractivity contribution >= 4 is 18.1 Å². The Kier molecular flexibility index (Phi) is 5.62. The number of H-pyrrole nitrogens is 1. The summed E-state index contributed by atoms with van der Waals surface area (Å²) in [7, 11) is 0. The Hall–Kier alpha value is -2.73. The molecule has 150 valence electrons. The molecule has 4 rings (SSSR count). The van der Waals surface area contributed by atoms with E-state index < -0.39 is 0 Å². The molecule has 0 unspecified atom stereocenters. The summed E-state index contributed by atoms with van der Waals surface area (Å²) < 4.78 is 2.43. The summed E-state index contributed by atoms with van der Waals surface area (Å²) in [5.74, 6) is 0.813. The number of hydrogen-bond donors (Lipinski definition) is 2. The summed E-state index contributed by atoms with van der Waals surface area (Å²) in [6, 6.07) is 18.7. The van der Waals surface area contributed by atoms with Gasteiger partial charge in [-0.3, -0.25) is 14.5 Å². The first-order valence-electron chi connectivity index (χ1n) is 10.1. The lowest BCUT2D eigenvalue weighted by atomic mass is 9.64. The second-order valence-electron chi connectivity index (χ2n) is 7.90. The molecule has 2 N–H and O–H groups in total. The Morgan fingerprint density at radius 3 is 2.55 bits per heavy atom. The first-order chi connectivity index (χ1) is 14.1. The van der Waals surface area contributed by atoms with Crippen LogP contribution in [0.25, 0.3) is 11.4 Å². The van der Waals surface area contributed by atoms with Crippen molar-refractivity contribution in [2.75, 3.05) is 6.54 Å². The van der Waals surface area contributed by atoms with Gasteiger partial charge >= 0.3 is 0 Å². The van der Waals surface area contributed by atoms with Gasteiger partial charge in [-0.15, -0.1) is 0 Å². The number of amides is 1. The fraction of sp³-hybridized carbons (Fsp3) is 0.348. The Labute approximate surface area is 176 Å². The molecule has 0 spiro atoms. The van der Waals surface area contributed by atoms with Gasteiger partial charge in [-0.2, -0.15) is 5.10 Å². The maximum absolute atomic E-state index is 12.6. The first-order valence-corrected chi connectivity index (χ1v) is 10.5. The van der Waals surface area contributed by atoms with E-state index in [1.165, 1.54) is 17.5 Å². The van der Waals surface area contributed by atoms with Crippen LogP contribution in [0.3, 0.4) is 0 Å². The Morgan fingerprint density at radius 2 is 1.90 bits per heavy atom. The molecular formula is C23H26N4OS. The minimum atomic E-state index is 0.0464. The standard InChI is InChI=1S/C23H26N4OS/c1-17-8-10-18(11-9-17)21-25-26-22(29)27(21)15-12-20(28)24-16-23(13-5-14-23)19-6-3-2-4-7-19/h2-4,6-11H,5,12-16H2,1H3,(H,24,28)(H,26,29). The third-order valence-electron chi connectivity index (χ3n) is 5.95. The minimum Gasteiger partial charge on any atom is -0.355 e. The van der Waals surface area contributed by atoms with Gasteiger partial charge in [0.05, 0.1) is 0 Å². The van der Waals surface area contributed by atoms with E-state index in [2.05, 4.69) is 46.7 Å². The second kappa shape index (κ2) is 8.33. The zero-order valence-corrected chi connectivity index (χ0v) is 17.5. The Bertz CT molecular complexity index is 1030. The molecule has 1 aromatic heterocycles. The van der Waals surface area contributed by atoms with Crippen molar-refractivity contribution in [3.63, 3.8) is 0 Å². The van der Waals surface area contributed by atoms with Gasteiger partial charge in [0.2, 0.25) is 5.91 Å². The highest BCUT2D eigenvalue weighted by Crippen LogP contribution is 2.43. The Morgan fingerprint density at radius 1 is 1.17 bits per heavy atom. The molecule has 2 aromatic carbocycles. The van der Waals surface area contributed by atoms with Gasteiger partial charge in [0, 0.05) is 30.5 Å². The van der Waals surface area contributed by atoms with Crippen LogP contribution in [0.5, 0.6) is 0 Å². The van der Waals surface area contributed by atoms with Gasteiger partial charge in [0.1, 0.15) is 0 Å². The largest absolute Gasteiger partial charge is 0.355 e. The summed E-state index contributed by atoms with van der Waals surface area (Å²) >= 11 is 5.38. The van der Waals surface area contributed by atoms with Crippen molar-refractivity contribution in [1.29, 1.82) is 0 Å². The summed E-state index contributed by atoms with van der Waals surface area (Å²) in [5.41, 5.74) is 3.60. The van der Waals surface area contributed by atoms with Crippen LogP contribution in [0.15, 0.2) is 54.6 Å². The molecule has 1 fully saturated rings. The first kappa shape index (κ1) is 19.6. The van der Waals surface area contributed by atoms with E-state index in [9.17, 15) is 4.79 Å². The van der Waals surface area contributed by atoms with Crippen LogP contribution in [0.4, 0.5) is 0 Å². The summed E-state index contributed by atoms with van der Waals surface area (Å²) in [6.07, 6.45) is 3.84. The average molecular weight is 407 g/mol. The molecule has 0 aliphatic heterocycles. The van der Waals surface area contributed by atoms with Crippen LogP contribution >= 0.6 is 12.2 Å². The number of carbonyl (C=O) groups is 1. The number of nitrogens with zero attached hydrogens (tertiary/aromatic N) is 2. The molecule has 5 nitrogen and oxygen atoms in total. The lowest BCUT2D eigenvalue weighted by Gasteiger charge is -2.42. The van der Waals surface area contributed by atoms with Crippen molar-refractivity contribution in [2.45, 2.75) is 44.6 Å². The van der Waals surface area contributed by atoms with Crippen LogP contribution in [-0.2, 0) is 16.8 Å². The monoisotopic (exact) mass is 406 g/mol. The molecule has 29 heavy (non-hydrogen) atoms. The normalized spacial score (nSPS) is 14.9. The zero-order valence-electron chi connectivity index (χ0n) is 16.6. The highest BCUT2D eigenvalue weighted by Gasteiger charge is 2.38. The van der Waals surface area contributed by atoms with Crippen LogP contribution in [0.1, 0.15) is 36.8 Å². The fourth-order valence-corrected chi connectivity index (χ4v) is 4.20. The molecule has 1 heterocycles. The third-order valence-corrected chi connectivity index (χ3v) is 6.26. The summed E-state index contributed by atoms with van der Waals surface area (Å²) in [6.45, 7) is 3.25. The van der Waals surface area contributed by atoms with Gasteiger partial charge < -0.3 is 5.32 Å². The van der Waals surface area contributed by atoms with E-state index in [-0.39, 0.29) is 11.3 Å². The van der Waals surface area contributed by atoms with Crippen molar-refractivity contribution < 1.29 is 4.79 Å². The number of aromatic amines is 1. The zero-order chi connectivity index (χ0) is 20.3. The van der Waals surface area contributed by atoms with E-state index in [1.54, 1.807) is 0 Å². The molecular weight excluding hydrogens is 380 g/mol. The second-order valence-corrected chi connectivity index (χ2v) is 8.28. The number of rotatable bonds is 7. The number of hydrogen-bond acceptors (Lipinski definition) is 3. The Balaban J connectivity index is 1.39. The van der Waals surface area contributed by atoms with Crippen LogP contribution < -0.4 is 5.32 Å².